The molecular weight excluding hydrogens is 517 g/mol. The molecule has 0 aliphatic carbocycles. The first kappa shape index (κ1) is 26.6. The summed E-state index contributed by atoms with van der Waals surface area (Å²) in [7, 11) is 0. The number of hydrogen-bond acceptors (Lipinski definition) is 7. The fourth-order valence-corrected chi connectivity index (χ4v) is 4.99. The number of aromatic nitrogens is 2. The van der Waals surface area contributed by atoms with Gasteiger partial charge in [-0.15, -0.1) is 13.2 Å². The van der Waals surface area contributed by atoms with E-state index in [2.05, 4.69) is 14.6 Å². The van der Waals surface area contributed by atoms with Crippen molar-refractivity contribution in [2.45, 2.75) is 51.1 Å². The molecule has 0 bridgehead atoms. The standard InChI is InChI=1S/C27H29F3N4O5/c28-27(29,30)39-23-7-3-19(4-8-23)1-2-20-11-14-32(15-12-20)21-5-9-22(10-6-21)37-18-24-13-16-33-17-25(34(35)36)31-26(33)38-24/h3-10,17,20,24H,1-2,11-16,18H2/t24-/m0/s1. The highest BCUT2D eigenvalue weighted by Crippen LogP contribution is 2.29. The molecule has 1 atom stereocenters. The molecule has 1 aromatic heterocycles. The molecule has 2 aromatic carbocycles. The van der Waals surface area contributed by atoms with Crippen LogP contribution in [0.3, 0.4) is 0 Å². The van der Waals surface area contributed by atoms with E-state index >= 15 is 0 Å². The molecule has 1 fully saturated rings. The van der Waals surface area contributed by atoms with Gasteiger partial charge in [-0.25, -0.2) is 0 Å². The molecule has 3 aromatic rings. The molecular formula is C27H29F3N4O5. The van der Waals surface area contributed by atoms with Crippen LogP contribution in [0.15, 0.2) is 54.7 Å². The van der Waals surface area contributed by atoms with Crippen LogP contribution >= 0.6 is 0 Å². The Morgan fingerprint density at radius 1 is 1.00 bits per heavy atom. The quantitative estimate of drug-likeness (QED) is 0.249. The topological polar surface area (TPSA) is 91.9 Å². The van der Waals surface area contributed by atoms with Gasteiger partial charge in [-0.2, -0.15) is 0 Å². The van der Waals surface area contributed by atoms with Crippen molar-refractivity contribution in [1.82, 2.24) is 9.55 Å². The van der Waals surface area contributed by atoms with Crippen LogP contribution in [-0.2, 0) is 13.0 Å². The number of ether oxygens (including phenoxy) is 3. The molecule has 2 aliphatic rings. The molecule has 0 saturated carbocycles. The van der Waals surface area contributed by atoms with E-state index in [1.165, 1.54) is 18.3 Å². The van der Waals surface area contributed by atoms with Crippen LogP contribution in [0.25, 0.3) is 0 Å². The summed E-state index contributed by atoms with van der Waals surface area (Å²) in [6, 6.07) is 14.3. The first-order valence-electron chi connectivity index (χ1n) is 12.9. The van der Waals surface area contributed by atoms with E-state index in [0.717, 1.165) is 55.8 Å². The Kier molecular flexibility index (Phi) is 7.80. The number of nitrogens with zero attached hydrogens (tertiary/aromatic N) is 4. The lowest BCUT2D eigenvalue weighted by atomic mass is 9.90. The molecule has 2 aliphatic heterocycles. The number of piperidine rings is 1. The van der Waals surface area contributed by atoms with Gasteiger partial charge >= 0.3 is 18.2 Å². The third kappa shape index (κ3) is 7.12. The second-order valence-electron chi connectivity index (χ2n) is 9.83. The number of rotatable bonds is 9. The van der Waals surface area contributed by atoms with E-state index < -0.39 is 11.3 Å². The molecule has 0 N–H and O–H groups in total. The Hall–Kier alpha value is -3.96. The van der Waals surface area contributed by atoms with Gasteiger partial charge in [-0.1, -0.05) is 12.1 Å². The molecule has 9 nitrogen and oxygen atoms in total. The van der Waals surface area contributed by atoms with Crippen molar-refractivity contribution < 1.29 is 32.3 Å². The van der Waals surface area contributed by atoms with Gasteiger partial charge in [0.2, 0.25) is 0 Å². The summed E-state index contributed by atoms with van der Waals surface area (Å²) in [5.74, 6) is 0.880. The monoisotopic (exact) mass is 546 g/mol. The maximum absolute atomic E-state index is 12.3. The largest absolute Gasteiger partial charge is 0.573 e. The van der Waals surface area contributed by atoms with E-state index in [9.17, 15) is 23.3 Å². The number of hydrogen-bond donors (Lipinski definition) is 0. The number of alkyl halides is 3. The van der Waals surface area contributed by atoms with Crippen molar-refractivity contribution in [3.05, 3.63) is 70.4 Å². The van der Waals surface area contributed by atoms with Crippen LogP contribution in [0.1, 0.15) is 31.2 Å². The molecule has 0 radical (unpaired) electrons. The Morgan fingerprint density at radius 2 is 1.69 bits per heavy atom. The van der Waals surface area contributed by atoms with Crippen molar-refractivity contribution in [2.24, 2.45) is 5.92 Å². The van der Waals surface area contributed by atoms with Crippen LogP contribution in [0.2, 0.25) is 0 Å². The maximum atomic E-state index is 12.3. The molecule has 208 valence electrons. The van der Waals surface area contributed by atoms with Gasteiger partial charge in [0.1, 0.15) is 30.4 Å². The van der Waals surface area contributed by atoms with Gasteiger partial charge in [0.05, 0.1) is 0 Å². The third-order valence-corrected chi connectivity index (χ3v) is 7.13. The second-order valence-corrected chi connectivity index (χ2v) is 9.83. The summed E-state index contributed by atoms with van der Waals surface area (Å²) in [6.07, 6.45) is 1.08. The average Bonchev–Trinajstić information content (AvgIpc) is 3.35. The van der Waals surface area contributed by atoms with E-state index in [4.69, 9.17) is 9.47 Å². The zero-order valence-corrected chi connectivity index (χ0v) is 21.2. The van der Waals surface area contributed by atoms with E-state index in [0.29, 0.717) is 25.5 Å². The van der Waals surface area contributed by atoms with Crippen LogP contribution in [0, 0.1) is 16.0 Å². The summed E-state index contributed by atoms with van der Waals surface area (Å²) in [5, 5.41) is 10.9. The van der Waals surface area contributed by atoms with Gasteiger partial charge in [0, 0.05) is 36.7 Å². The Balaban J connectivity index is 1.03. The van der Waals surface area contributed by atoms with E-state index in [-0.39, 0.29) is 23.7 Å². The first-order valence-corrected chi connectivity index (χ1v) is 12.9. The van der Waals surface area contributed by atoms with Crippen LogP contribution in [0.5, 0.6) is 17.5 Å². The highest BCUT2D eigenvalue weighted by molar-refractivity contribution is 5.49. The highest BCUT2D eigenvalue weighted by atomic mass is 19.4. The lowest BCUT2D eigenvalue weighted by molar-refractivity contribution is -0.389. The molecule has 0 amide bonds. The van der Waals surface area contributed by atoms with Crippen LogP contribution in [0.4, 0.5) is 24.7 Å². The van der Waals surface area contributed by atoms with Gasteiger partial charge in [0.15, 0.2) is 0 Å². The van der Waals surface area contributed by atoms with Gasteiger partial charge < -0.3 is 29.2 Å². The smallest absolute Gasteiger partial charge is 0.490 e. The van der Waals surface area contributed by atoms with E-state index in [1.54, 1.807) is 16.7 Å². The number of imidazole rings is 1. The number of benzene rings is 2. The molecule has 5 rings (SSSR count). The maximum Gasteiger partial charge on any atom is 0.573 e. The van der Waals surface area contributed by atoms with Crippen LogP contribution in [-0.4, -0.2) is 46.6 Å². The molecule has 0 unspecified atom stereocenters. The van der Waals surface area contributed by atoms with Crippen molar-refractivity contribution in [2.75, 3.05) is 24.6 Å². The fraction of sp³-hybridized carbons (Fsp3) is 0.444. The summed E-state index contributed by atoms with van der Waals surface area (Å²) in [6.45, 7) is 2.79. The number of aryl methyl sites for hydroxylation is 2. The molecule has 12 heteroatoms. The predicted molar refractivity (Wildman–Crippen MR) is 136 cm³/mol. The van der Waals surface area contributed by atoms with Gasteiger partial charge in [-0.05, 0) is 78.5 Å². The third-order valence-electron chi connectivity index (χ3n) is 7.13. The summed E-state index contributed by atoms with van der Waals surface area (Å²) < 4.78 is 54.2. The Morgan fingerprint density at radius 3 is 2.36 bits per heavy atom. The number of nitro groups is 1. The normalized spacial score (nSPS) is 17.8. The van der Waals surface area contributed by atoms with Gasteiger partial charge in [0.25, 0.3) is 0 Å². The fourth-order valence-electron chi connectivity index (χ4n) is 4.99. The highest BCUT2D eigenvalue weighted by Gasteiger charge is 2.31. The van der Waals surface area contributed by atoms with Crippen molar-refractivity contribution in [1.29, 1.82) is 0 Å². The van der Waals surface area contributed by atoms with Crippen LogP contribution < -0.4 is 19.1 Å². The predicted octanol–water partition coefficient (Wildman–Crippen LogP) is 5.77. The minimum absolute atomic E-state index is 0.195. The number of anilines is 1. The summed E-state index contributed by atoms with van der Waals surface area (Å²) in [5.41, 5.74) is 2.14. The molecule has 0 spiro atoms. The molecule has 39 heavy (non-hydrogen) atoms. The van der Waals surface area contributed by atoms with Crippen molar-refractivity contribution >= 4 is 11.5 Å². The summed E-state index contributed by atoms with van der Waals surface area (Å²) in [4.78, 5) is 16.6. The number of halogens is 3. The van der Waals surface area contributed by atoms with Crippen molar-refractivity contribution in [3.8, 4) is 17.5 Å². The SMILES string of the molecule is O=[N+]([O-])c1cn2c(n1)O[C@H](COc1ccc(N3CCC(CCc4ccc(OC(F)(F)F)cc4)CC3)cc1)CC2. The molecule has 3 heterocycles. The zero-order chi connectivity index (χ0) is 27.4. The average molecular weight is 547 g/mol. The lowest BCUT2D eigenvalue weighted by Gasteiger charge is -2.33. The minimum Gasteiger partial charge on any atom is -0.490 e. The lowest BCUT2D eigenvalue weighted by Crippen LogP contribution is -2.33. The zero-order valence-electron chi connectivity index (χ0n) is 21.2. The Labute approximate surface area is 223 Å². The number of fused-ring (bicyclic) bond motifs is 1. The van der Waals surface area contributed by atoms with E-state index in [1.807, 2.05) is 24.3 Å². The summed E-state index contributed by atoms with van der Waals surface area (Å²) >= 11 is 0. The van der Waals surface area contributed by atoms with Gasteiger partial charge in [-0.3, -0.25) is 4.57 Å². The Bertz CT molecular complexity index is 1260. The minimum atomic E-state index is -4.67. The first-order chi connectivity index (χ1) is 18.7. The second kappa shape index (κ2) is 11.4. The van der Waals surface area contributed by atoms with Crippen molar-refractivity contribution in [3.63, 3.8) is 0 Å². The molecule has 1 saturated heterocycles.